The van der Waals surface area contributed by atoms with E-state index in [1.54, 1.807) is 0 Å². The Balaban J connectivity index is 2.62. The van der Waals surface area contributed by atoms with Crippen LogP contribution in [0.15, 0.2) is 35.4 Å². The van der Waals surface area contributed by atoms with Crippen molar-refractivity contribution in [2.45, 2.75) is 0 Å². The number of hydrogen-bond acceptors (Lipinski definition) is 3. The summed E-state index contributed by atoms with van der Waals surface area (Å²) in [5.74, 6) is 0.124. The molecule has 0 heterocycles. The molecule has 0 bridgehead atoms. The molecular formula is C8H10N4S. The van der Waals surface area contributed by atoms with E-state index in [0.717, 1.165) is 5.69 Å². The molecule has 0 fully saturated rings. The molecule has 0 unspecified atom stereocenters. The average Bonchev–Trinajstić information content (AvgIpc) is 2.15. The van der Waals surface area contributed by atoms with Gasteiger partial charge in [-0.25, -0.2) is 0 Å². The third kappa shape index (κ3) is 3.08. The van der Waals surface area contributed by atoms with Crippen molar-refractivity contribution in [1.82, 2.24) is 0 Å². The first kappa shape index (κ1) is 9.47. The minimum absolute atomic E-state index is 0.0865. The maximum Gasteiger partial charge on any atom is 0.178 e. The van der Waals surface area contributed by atoms with Crippen molar-refractivity contribution in [3.05, 3.63) is 30.3 Å². The minimum Gasteiger partial charge on any atom is -0.387 e. The summed E-state index contributed by atoms with van der Waals surface area (Å²) in [5, 5.41) is 3.77. The summed E-state index contributed by atoms with van der Waals surface area (Å²) in [6.07, 6.45) is 0. The number of amidine groups is 1. The maximum atomic E-state index is 5.39. The van der Waals surface area contributed by atoms with Crippen molar-refractivity contribution < 1.29 is 0 Å². The number of anilines is 1. The molecule has 5 N–H and O–H groups in total. The average molecular weight is 194 g/mol. The fourth-order valence-electron chi connectivity index (χ4n) is 0.693. The van der Waals surface area contributed by atoms with Gasteiger partial charge in [0.25, 0.3) is 0 Å². The van der Waals surface area contributed by atoms with Crippen LogP contribution in [0, 0.1) is 0 Å². The summed E-state index contributed by atoms with van der Waals surface area (Å²) in [4.78, 5) is 0.0865. The molecule has 0 aromatic heterocycles. The monoisotopic (exact) mass is 194 g/mol. The molecular weight excluding hydrogens is 184 g/mol. The smallest absolute Gasteiger partial charge is 0.178 e. The number of thiocarbonyl (C=S) groups is 1. The lowest BCUT2D eigenvalue weighted by Gasteiger charge is -2.00. The van der Waals surface area contributed by atoms with Crippen molar-refractivity contribution in [2.75, 3.05) is 5.43 Å². The van der Waals surface area contributed by atoms with Gasteiger partial charge >= 0.3 is 0 Å². The van der Waals surface area contributed by atoms with Gasteiger partial charge in [-0.05, 0) is 12.1 Å². The molecule has 4 nitrogen and oxygen atoms in total. The van der Waals surface area contributed by atoms with Crippen LogP contribution < -0.4 is 16.9 Å². The van der Waals surface area contributed by atoms with Crippen molar-refractivity contribution in [1.29, 1.82) is 0 Å². The Hall–Kier alpha value is -1.62. The number of hydrogen-bond donors (Lipinski definition) is 3. The van der Waals surface area contributed by atoms with Crippen LogP contribution in [-0.4, -0.2) is 10.8 Å². The van der Waals surface area contributed by atoms with Crippen LogP contribution in [-0.2, 0) is 0 Å². The Labute approximate surface area is 81.6 Å². The van der Waals surface area contributed by atoms with Gasteiger partial charge in [-0.15, -0.1) is 0 Å². The van der Waals surface area contributed by atoms with Crippen LogP contribution in [0.4, 0.5) is 5.69 Å². The summed E-state index contributed by atoms with van der Waals surface area (Å²) in [7, 11) is 0. The molecule has 1 rings (SSSR count). The van der Waals surface area contributed by atoms with Gasteiger partial charge in [0.1, 0.15) is 4.99 Å². The molecule has 68 valence electrons. The Morgan fingerprint density at radius 3 is 2.38 bits per heavy atom. The lowest BCUT2D eigenvalue weighted by atomic mass is 10.3. The predicted octanol–water partition coefficient (Wildman–Crippen LogP) is 0.657. The number of nitrogens with two attached hydrogens (primary N) is 2. The predicted molar refractivity (Wildman–Crippen MR) is 58.5 cm³/mol. The van der Waals surface area contributed by atoms with Gasteiger partial charge in [0, 0.05) is 0 Å². The van der Waals surface area contributed by atoms with E-state index < -0.39 is 0 Å². The van der Waals surface area contributed by atoms with E-state index in [4.69, 9.17) is 11.5 Å². The van der Waals surface area contributed by atoms with E-state index in [1.807, 2.05) is 30.3 Å². The van der Waals surface area contributed by atoms with Gasteiger partial charge in [-0.3, -0.25) is 5.43 Å². The highest BCUT2D eigenvalue weighted by Gasteiger charge is 1.93. The second-order valence-corrected chi connectivity index (χ2v) is 2.78. The topological polar surface area (TPSA) is 76.4 Å². The standard InChI is InChI=1S/C8H10N4S/c9-7(8(10)13)12-11-6-4-2-1-3-5-6/h1-5,11H,(H2,9,12)(H2,10,13). The maximum absolute atomic E-state index is 5.39. The zero-order valence-electron chi connectivity index (χ0n) is 6.90. The molecule has 0 radical (unpaired) electrons. The van der Waals surface area contributed by atoms with E-state index >= 15 is 0 Å². The normalized spacial score (nSPS) is 10.9. The van der Waals surface area contributed by atoms with Gasteiger partial charge in [-0.2, -0.15) is 5.10 Å². The fourth-order valence-corrected chi connectivity index (χ4v) is 0.738. The van der Waals surface area contributed by atoms with E-state index in [-0.39, 0.29) is 10.8 Å². The highest BCUT2D eigenvalue weighted by molar-refractivity contribution is 7.82. The third-order valence-electron chi connectivity index (χ3n) is 1.33. The van der Waals surface area contributed by atoms with E-state index in [0.29, 0.717) is 0 Å². The van der Waals surface area contributed by atoms with Gasteiger partial charge in [0.2, 0.25) is 0 Å². The van der Waals surface area contributed by atoms with Crippen molar-refractivity contribution >= 4 is 28.7 Å². The number of hydrazone groups is 1. The van der Waals surface area contributed by atoms with Crippen LogP contribution in [0.2, 0.25) is 0 Å². The first-order chi connectivity index (χ1) is 6.20. The minimum atomic E-state index is 0.0865. The van der Waals surface area contributed by atoms with E-state index in [9.17, 15) is 0 Å². The lowest BCUT2D eigenvalue weighted by molar-refractivity contribution is 1.33. The van der Waals surface area contributed by atoms with Crippen LogP contribution in [0.25, 0.3) is 0 Å². The second-order valence-electron chi connectivity index (χ2n) is 2.34. The Morgan fingerprint density at radius 1 is 1.23 bits per heavy atom. The summed E-state index contributed by atoms with van der Waals surface area (Å²) < 4.78 is 0. The van der Waals surface area contributed by atoms with Crippen LogP contribution in [0.3, 0.4) is 0 Å². The number of para-hydroxylation sites is 1. The Kier molecular flexibility index (Phi) is 3.22. The number of nitrogens with one attached hydrogen (secondary N) is 1. The zero-order valence-corrected chi connectivity index (χ0v) is 7.71. The molecule has 13 heavy (non-hydrogen) atoms. The largest absolute Gasteiger partial charge is 0.387 e. The van der Waals surface area contributed by atoms with Gasteiger partial charge in [-0.1, -0.05) is 30.4 Å². The SMILES string of the molecule is NC(=S)/C(N)=N/Nc1ccccc1. The molecule has 0 saturated heterocycles. The second kappa shape index (κ2) is 4.42. The Bertz CT molecular complexity index is 320. The molecule has 0 saturated carbocycles. The number of rotatable bonds is 2. The molecule has 0 aliphatic rings. The summed E-state index contributed by atoms with van der Waals surface area (Å²) >= 11 is 4.62. The van der Waals surface area contributed by atoms with Crippen LogP contribution >= 0.6 is 12.2 Å². The molecule has 0 amide bonds. The number of benzene rings is 1. The summed E-state index contributed by atoms with van der Waals surface area (Å²) in [5.41, 5.74) is 14.2. The zero-order chi connectivity index (χ0) is 9.68. The van der Waals surface area contributed by atoms with Gasteiger partial charge in [0.05, 0.1) is 5.69 Å². The van der Waals surface area contributed by atoms with E-state index in [2.05, 4.69) is 22.7 Å². The van der Waals surface area contributed by atoms with Crippen LogP contribution in [0.5, 0.6) is 0 Å². The summed E-state index contributed by atoms with van der Waals surface area (Å²) in [6, 6.07) is 9.39. The molecule has 0 spiro atoms. The van der Waals surface area contributed by atoms with Crippen molar-refractivity contribution in [2.24, 2.45) is 16.6 Å². The molecule has 0 aliphatic carbocycles. The Morgan fingerprint density at radius 2 is 1.85 bits per heavy atom. The first-order valence-electron chi connectivity index (χ1n) is 3.64. The molecule has 5 heteroatoms. The molecule has 1 aromatic rings. The molecule has 1 aromatic carbocycles. The quantitative estimate of drug-likeness (QED) is 0.280. The fraction of sp³-hybridized carbons (Fsp3) is 0. The number of nitrogens with zero attached hydrogens (tertiary/aromatic N) is 1. The molecule has 0 atom stereocenters. The molecule has 0 aliphatic heterocycles. The van der Waals surface area contributed by atoms with Gasteiger partial charge < -0.3 is 11.5 Å². The first-order valence-corrected chi connectivity index (χ1v) is 4.05. The highest BCUT2D eigenvalue weighted by Crippen LogP contribution is 2.03. The lowest BCUT2D eigenvalue weighted by Crippen LogP contribution is -2.29. The van der Waals surface area contributed by atoms with E-state index in [1.165, 1.54) is 0 Å². The van der Waals surface area contributed by atoms with Crippen molar-refractivity contribution in [3.8, 4) is 0 Å². The summed E-state index contributed by atoms with van der Waals surface area (Å²) in [6.45, 7) is 0. The van der Waals surface area contributed by atoms with Gasteiger partial charge in [0.15, 0.2) is 5.84 Å². The van der Waals surface area contributed by atoms with Crippen LogP contribution in [0.1, 0.15) is 0 Å². The third-order valence-corrected chi connectivity index (χ3v) is 1.54. The van der Waals surface area contributed by atoms with Crippen molar-refractivity contribution in [3.63, 3.8) is 0 Å². The highest BCUT2D eigenvalue weighted by atomic mass is 32.1.